The minimum Gasteiger partial charge on any atom is -0.219 e. The first-order chi connectivity index (χ1) is 9.02. The number of hydrogen-bond acceptors (Lipinski definition) is 4. The van der Waals surface area contributed by atoms with Crippen molar-refractivity contribution >= 4 is 0 Å². The zero-order valence-corrected chi connectivity index (χ0v) is 13.1. The third-order valence-corrected chi connectivity index (χ3v) is 3.47. The Labute approximate surface area is 118 Å². The molecular weight excluding hydrogens is 244 g/mol. The minimum atomic E-state index is -0.0697. The predicted molar refractivity (Wildman–Crippen MR) is 76.4 cm³/mol. The molecule has 4 heteroatoms. The molecule has 1 unspecified atom stereocenters. The van der Waals surface area contributed by atoms with Crippen molar-refractivity contribution < 1.29 is 20.2 Å². The van der Waals surface area contributed by atoms with Crippen LogP contribution >= 0.6 is 0 Å². The summed E-state index contributed by atoms with van der Waals surface area (Å²) in [6.45, 7) is 8.50. The van der Waals surface area contributed by atoms with Crippen molar-refractivity contribution in [2.45, 2.75) is 91.6 Å². The third kappa shape index (κ3) is 11.4. The number of rotatable bonds is 12. The summed E-state index contributed by atoms with van der Waals surface area (Å²) in [7, 11) is 0. The summed E-state index contributed by atoms with van der Waals surface area (Å²) < 4.78 is 0. The molecule has 0 fully saturated rings. The van der Waals surface area contributed by atoms with Crippen LogP contribution in [0.4, 0.5) is 0 Å². The average molecular weight is 276 g/mol. The minimum absolute atomic E-state index is 0.0281. The first-order valence-corrected chi connectivity index (χ1v) is 7.66. The molecule has 0 saturated carbocycles. The molecule has 0 aromatic rings. The van der Waals surface area contributed by atoms with Crippen molar-refractivity contribution in [3.8, 4) is 0 Å². The summed E-state index contributed by atoms with van der Waals surface area (Å²) in [5.74, 6) is 0. The fourth-order valence-corrected chi connectivity index (χ4v) is 2.15. The Hall–Kier alpha value is -0.160. The standard InChI is InChI=1S/C15H32O4/c1-5-6-7-8-9-10-11-12-13-14(15(2,3)4)17-19-18-16/h14,16H,5-13H2,1-4H3. The molecule has 4 nitrogen and oxygen atoms in total. The predicted octanol–water partition coefficient (Wildman–Crippen LogP) is 5.28. The van der Waals surface area contributed by atoms with E-state index in [9.17, 15) is 0 Å². The van der Waals surface area contributed by atoms with Crippen LogP contribution in [0.15, 0.2) is 0 Å². The van der Waals surface area contributed by atoms with Gasteiger partial charge in [-0.1, -0.05) is 79.1 Å². The molecule has 0 bridgehead atoms. The van der Waals surface area contributed by atoms with Crippen molar-refractivity contribution in [1.82, 2.24) is 0 Å². The van der Waals surface area contributed by atoms with Crippen molar-refractivity contribution in [1.29, 1.82) is 0 Å². The Bertz CT molecular complexity index is 189. The van der Waals surface area contributed by atoms with E-state index in [1.807, 2.05) is 0 Å². The van der Waals surface area contributed by atoms with E-state index in [1.165, 1.54) is 44.9 Å². The van der Waals surface area contributed by atoms with Gasteiger partial charge in [-0.3, -0.25) is 0 Å². The largest absolute Gasteiger partial charge is 0.219 e. The second-order valence-electron chi connectivity index (χ2n) is 6.36. The van der Waals surface area contributed by atoms with Gasteiger partial charge in [0.25, 0.3) is 0 Å². The molecule has 0 aliphatic heterocycles. The van der Waals surface area contributed by atoms with Crippen LogP contribution in [0, 0.1) is 5.41 Å². The van der Waals surface area contributed by atoms with Gasteiger partial charge in [0.05, 0.1) is 0 Å². The van der Waals surface area contributed by atoms with E-state index in [0.717, 1.165) is 12.8 Å². The van der Waals surface area contributed by atoms with E-state index >= 15 is 0 Å². The van der Waals surface area contributed by atoms with Gasteiger partial charge in [0.1, 0.15) is 6.10 Å². The van der Waals surface area contributed by atoms with Crippen molar-refractivity contribution in [2.75, 3.05) is 0 Å². The highest BCUT2D eigenvalue weighted by Crippen LogP contribution is 2.27. The molecule has 0 heterocycles. The van der Waals surface area contributed by atoms with E-state index in [0.29, 0.717) is 0 Å². The highest BCUT2D eigenvalue weighted by atomic mass is 17.6. The molecule has 0 aromatic heterocycles. The van der Waals surface area contributed by atoms with Crippen LogP contribution in [0.5, 0.6) is 0 Å². The Morgan fingerprint density at radius 3 is 1.89 bits per heavy atom. The molecule has 0 amide bonds. The third-order valence-electron chi connectivity index (χ3n) is 3.47. The lowest BCUT2D eigenvalue weighted by molar-refractivity contribution is -0.635. The van der Waals surface area contributed by atoms with E-state index in [4.69, 9.17) is 10.1 Å². The Kier molecular flexibility index (Phi) is 11.6. The maximum Gasteiger partial charge on any atom is 0.101 e. The van der Waals surface area contributed by atoms with Crippen LogP contribution < -0.4 is 0 Å². The molecule has 0 aromatic carbocycles. The summed E-state index contributed by atoms with van der Waals surface area (Å²) in [5.41, 5.74) is -0.0281. The number of unbranched alkanes of at least 4 members (excludes halogenated alkanes) is 7. The summed E-state index contributed by atoms with van der Waals surface area (Å²) in [5, 5.41) is 15.9. The monoisotopic (exact) mass is 276 g/mol. The van der Waals surface area contributed by atoms with Gasteiger partial charge >= 0.3 is 0 Å². The van der Waals surface area contributed by atoms with Crippen LogP contribution in [0.25, 0.3) is 0 Å². The molecule has 1 N–H and O–H groups in total. The maximum absolute atomic E-state index is 8.15. The fraction of sp³-hybridized carbons (Fsp3) is 1.00. The van der Waals surface area contributed by atoms with Crippen molar-refractivity contribution in [2.24, 2.45) is 5.41 Å². The molecule has 116 valence electrons. The summed E-state index contributed by atoms with van der Waals surface area (Å²) in [6, 6.07) is 0. The summed E-state index contributed by atoms with van der Waals surface area (Å²) in [6.07, 6.45) is 11.2. The van der Waals surface area contributed by atoms with Crippen LogP contribution in [0.2, 0.25) is 0 Å². The average Bonchev–Trinajstić information content (AvgIpc) is 2.34. The molecule has 1 atom stereocenters. The van der Waals surface area contributed by atoms with Crippen LogP contribution in [-0.4, -0.2) is 11.4 Å². The van der Waals surface area contributed by atoms with Crippen LogP contribution in [-0.2, 0) is 15.0 Å². The summed E-state index contributed by atoms with van der Waals surface area (Å²) in [4.78, 5) is 5.04. The lowest BCUT2D eigenvalue weighted by atomic mass is 9.86. The van der Waals surface area contributed by atoms with E-state index in [2.05, 4.69) is 37.8 Å². The van der Waals surface area contributed by atoms with Gasteiger partial charge < -0.3 is 0 Å². The molecule has 0 aliphatic carbocycles. The highest BCUT2D eigenvalue weighted by molar-refractivity contribution is 4.73. The van der Waals surface area contributed by atoms with E-state index in [-0.39, 0.29) is 11.5 Å². The molecule has 0 aliphatic rings. The van der Waals surface area contributed by atoms with Crippen LogP contribution in [0.3, 0.4) is 0 Å². The Morgan fingerprint density at radius 1 is 0.895 bits per heavy atom. The Balaban J connectivity index is 3.58. The lowest BCUT2D eigenvalue weighted by Gasteiger charge is -2.28. The van der Waals surface area contributed by atoms with Gasteiger partial charge in [-0.2, -0.15) is 4.89 Å². The highest BCUT2D eigenvalue weighted by Gasteiger charge is 2.26. The van der Waals surface area contributed by atoms with E-state index in [1.54, 1.807) is 0 Å². The van der Waals surface area contributed by atoms with Gasteiger partial charge in [-0.05, 0) is 21.9 Å². The lowest BCUT2D eigenvalue weighted by Crippen LogP contribution is -2.29. The zero-order valence-electron chi connectivity index (χ0n) is 13.1. The van der Waals surface area contributed by atoms with Gasteiger partial charge in [0.15, 0.2) is 0 Å². The van der Waals surface area contributed by atoms with Gasteiger partial charge in [0.2, 0.25) is 0 Å². The summed E-state index contributed by atoms with van der Waals surface area (Å²) >= 11 is 0. The quantitative estimate of drug-likeness (QED) is 0.299. The molecule has 0 radical (unpaired) electrons. The van der Waals surface area contributed by atoms with Gasteiger partial charge in [-0.25, -0.2) is 5.26 Å². The molecular formula is C15H32O4. The van der Waals surface area contributed by atoms with Gasteiger partial charge in [0, 0.05) is 0 Å². The second-order valence-corrected chi connectivity index (χ2v) is 6.36. The first-order valence-electron chi connectivity index (χ1n) is 7.66. The molecule has 19 heavy (non-hydrogen) atoms. The normalized spacial score (nSPS) is 13.7. The van der Waals surface area contributed by atoms with E-state index < -0.39 is 0 Å². The Morgan fingerprint density at radius 2 is 1.42 bits per heavy atom. The zero-order chi connectivity index (χ0) is 14.6. The molecule has 0 saturated heterocycles. The van der Waals surface area contributed by atoms with Crippen molar-refractivity contribution in [3.63, 3.8) is 0 Å². The molecule has 0 spiro atoms. The maximum atomic E-state index is 8.15. The fourth-order valence-electron chi connectivity index (χ4n) is 2.15. The van der Waals surface area contributed by atoms with Crippen LogP contribution in [0.1, 0.15) is 85.5 Å². The first kappa shape index (κ1) is 18.8. The molecule has 0 rings (SSSR count). The van der Waals surface area contributed by atoms with Crippen molar-refractivity contribution in [3.05, 3.63) is 0 Å². The topological polar surface area (TPSA) is 47.9 Å². The SMILES string of the molecule is CCCCCCCCCCC(OOOO)C(C)(C)C. The smallest absolute Gasteiger partial charge is 0.101 e. The number of hydrogen-bond donors (Lipinski definition) is 1. The second kappa shape index (κ2) is 11.6. The van der Waals surface area contributed by atoms with Gasteiger partial charge in [-0.15, -0.1) is 0 Å².